The third-order valence-corrected chi connectivity index (χ3v) is 2.81. The predicted molar refractivity (Wildman–Crippen MR) is 62.8 cm³/mol. The summed E-state index contributed by atoms with van der Waals surface area (Å²) >= 11 is 0. The van der Waals surface area contributed by atoms with Crippen molar-refractivity contribution >= 4 is 16.7 Å². The summed E-state index contributed by atoms with van der Waals surface area (Å²) in [6.07, 6.45) is 4.95. The molecule has 88 valence electrons. The normalized spacial score (nSPS) is 11.6. The van der Waals surface area contributed by atoms with Crippen LogP contribution in [0.2, 0.25) is 0 Å². The van der Waals surface area contributed by atoms with Gasteiger partial charge in [-0.25, -0.2) is 14.5 Å². The van der Waals surface area contributed by atoms with E-state index in [0.29, 0.717) is 11.6 Å². The summed E-state index contributed by atoms with van der Waals surface area (Å²) in [6, 6.07) is 3.63. The monoisotopic (exact) mass is 240 g/mol. The molecule has 4 aromatic heterocycles. The van der Waals surface area contributed by atoms with Gasteiger partial charge in [0.1, 0.15) is 6.33 Å². The van der Waals surface area contributed by atoms with Gasteiger partial charge in [0.2, 0.25) is 5.82 Å². The molecule has 0 aromatic carbocycles. The van der Waals surface area contributed by atoms with Crippen LogP contribution in [0.15, 0.2) is 35.3 Å². The number of hydrogen-bond donors (Lipinski definition) is 0. The van der Waals surface area contributed by atoms with E-state index in [1.165, 1.54) is 0 Å². The van der Waals surface area contributed by atoms with Crippen LogP contribution in [0.25, 0.3) is 28.3 Å². The lowest BCUT2D eigenvalue weighted by Gasteiger charge is -1.93. The van der Waals surface area contributed by atoms with E-state index >= 15 is 0 Å². The van der Waals surface area contributed by atoms with Crippen LogP contribution in [0.3, 0.4) is 0 Å². The summed E-state index contributed by atoms with van der Waals surface area (Å²) in [6.45, 7) is 0. The molecular formula is C11H8N6O. The molecule has 7 heteroatoms. The van der Waals surface area contributed by atoms with Gasteiger partial charge in [-0.2, -0.15) is 5.10 Å². The maximum atomic E-state index is 5.29. The third kappa shape index (κ3) is 1.12. The van der Waals surface area contributed by atoms with Gasteiger partial charge in [-0.1, -0.05) is 0 Å². The first-order valence-corrected chi connectivity index (χ1v) is 5.40. The Labute approximate surface area is 101 Å². The molecule has 0 N–H and O–H groups in total. The highest BCUT2D eigenvalue weighted by Gasteiger charge is 2.13. The molecule has 0 amide bonds. The van der Waals surface area contributed by atoms with Gasteiger partial charge in [-0.3, -0.25) is 4.68 Å². The summed E-state index contributed by atoms with van der Waals surface area (Å²) in [5.74, 6) is 1.17. The molecule has 0 radical (unpaired) electrons. The van der Waals surface area contributed by atoms with Gasteiger partial charge in [0, 0.05) is 7.05 Å². The maximum Gasteiger partial charge on any atom is 0.217 e. The number of aromatic nitrogens is 6. The molecule has 4 heterocycles. The van der Waals surface area contributed by atoms with Crippen LogP contribution in [-0.2, 0) is 7.05 Å². The minimum atomic E-state index is 0.540. The Balaban J connectivity index is 2.08. The third-order valence-electron chi connectivity index (χ3n) is 2.81. The SMILES string of the molecule is Cn1ncc2c1ncn1nc(-c3ccco3)nc21. The minimum absolute atomic E-state index is 0.540. The second-order valence-electron chi connectivity index (χ2n) is 3.93. The molecule has 7 nitrogen and oxygen atoms in total. The van der Waals surface area contributed by atoms with Crippen molar-refractivity contribution in [2.75, 3.05) is 0 Å². The van der Waals surface area contributed by atoms with Crippen molar-refractivity contribution in [1.82, 2.24) is 29.4 Å². The number of fused-ring (bicyclic) bond motifs is 3. The molecule has 0 fully saturated rings. The first-order chi connectivity index (χ1) is 8.83. The van der Waals surface area contributed by atoms with Crippen LogP contribution in [0.5, 0.6) is 0 Å². The number of furan rings is 1. The fraction of sp³-hybridized carbons (Fsp3) is 0.0909. The second kappa shape index (κ2) is 3.16. The van der Waals surface area contributed by atoms with Gasteiger partial charge in [0.15, 0.2) is 17.1 Å². The molecule has 0 aliphatic carbocycles. The molecule has 0 atom stereocenters. The van der Waals surface area contributed by atoms with E-state index in [-0.39, 0.29) is 0 Å². The van der Waals surface area contributed by atoms with Gasteiger partial charge in [-0.05, 0) is 12.1 Å². The fourth-order valence-electron chi connectivity index (χ4n) is 1.95. The maximum absolute atomic E-state index is 5.29. The lowest BCUT2D eigenvalue weighted by Crippen LogP contribution is -1.94. The number of aryl methyl sites for hydroxylation is 1. The van der Waals surface area contributed by atoms with Crippen LogP contribution in [0, 0.1) is 0 Å². The molecule has 4 aromatic rings. The Kier molecular flexibility index (Phi) is 1.64. The molecule has 0 aliphatic heterocycles. The average molecular weight is 240 g/mol. The van der Waals surface area contributed by atoms with Crippen LogP contribution in [-0.4, -0.2) is 29.4 Å². The van der Waals surface area contributed by atoms with Crippen LogP contribution in [0.4, 0.5) is 0 Å². The Morgan fingerprint density at radius 3 is 3.06 bits per heavy atom. The van der Waals surface area contributed by atoms with Gasteiger partial charge in [0.05, 0.1) is 17.8 Å². The zero-order valence-electron chi connectivity index (χ0n) is 9.48. The topological polar surface area (TPSA) is 74.0 Å². The number of hydrogen-bond acceptors (Lipinski definition) is 5. The van der Waals surface area contributed by atoms with Gasteiger partial charge < -0.3 is 4.42 Å². The largest absolute Gasteiger partial charge is 0.461 e. The Hall–Kier alpha value is -2.70. The summed E-state index contributed by atoms with van der Waals surface area (Å²) in [4.78, 5) is 8.76. The zero-order valence-corrected chi connectivity index (χ0v) is 9.48. The molecule has 18 heavy (non-hydrogen) atoms. The Bertz CT molecular complexity index is 841. The number of rotatable bonds is 1. The minimum Gasteiger partial charge on any atom is -0.461 e. The van der Waals surface area contributed by atoms with Crippen molar-refractivity contribution in [3.8, 4) is 11.6 Å². The predicted octanol–water partition coefficient (Wildman–Crippen LogP) is 1.27. The molecule has 0 saturated carbocycles. The summed E-state index contributed by atoms with van der Waals surface area (Å²) in [5, 5.41) is 9.36. The smallest absolute Gasteiger partial charge is 0.217 e. The van der Waals surface area contributed by atoms with Gasteiger partial charge in [0.25, 0.3) is 0 Å². The van der Waals surface area contributed by atoms with Crippen molar-refractivity contribution in [2.24, 2.45) is 7.05 Å². The first kappa shape index (κ1) is 9.34. The number of nitrogens with zero attached hydrogens (tertiary/aromatic N) is 6. The zero-order chi connectivity index (χ0) is 12.1. The lowest BCUT2D eigenvalue weighted by atomic mass is 10.4. The molecule has 0 unspecified atom stereocenters. The van der Waals surface area contributed by atoms with Crippen molar-refractivity contribution in [2.45, 2.75) is 0 Å². The fourth-order valence-corrected chi connectivity index (χ4v) is 1.95. The lowest BCUT2D eigenvalue weighted by molar-refractivity contribution is 0.577. The second-order valence-corrected chi connectivity index (χ2v) is 3.93. The molecule has 4 rings (SSSR count). The Morgan fingerprint density at radius 2 is 2.22 bits per heavy atom. The Morgan fingerprint density at radius 1 is 1.28 bits per heavy atom. The highest BCUT2D eigenvalue weighted by molar-refractivity contribution is 5.88. The molecule has 0 spiro atoms. The van der Waals surface area contributed by atoms with Crippen LogP contribution >= 0.6 is 0 Å². The van der Waals surface area contributed by atoms with E-state index in [1.54, 1.807) is 34.1 Å². The highest BCUT2D eigenvalue weighted by Crippen LogP contribution is 2.20. The van der Waals surface area contributed by atoms with E-state index in [4.69, 9.17) is 4.42 Å². The molecule has 0 aliphatic rings. The molecular weight excluding hydrogens is 232 g/mol. The van der Waals surface area contributed by atoms with E-state index in [2.05, 4.69) is 20.2 Å². The van der Waals surface area contributed by atoms with Crippen LogP contribution in [0.1, 0.15) is 0 Å². The molecule has 0 saturated heterocycles. The first-order valence-electron chi connectivity index (χ1n) is 5.40. The van der Waals surface area contributed by atoms with Crippen molar-refractivity contribution < 1.29 is 4.42 Å². The van der Waals surface area contributed by atoms with Gasteiger partial charge in [-0.15, -0.1) is 5.10 Å². The van der Waals surface area contributed by atoms with E-state index in [9.17, 15) is 0 Å². The van der Waals surface area contributed by atoms with E-state index in [1.807, 2.05) is 13.1 Å². The summed E-state index contributed by atoms with van der Waals surface area (Å²) in [7, 11) is 1.84. The summed E-state index contributed by atoms with van der Waals surface area (Å²) < 4.78 is 8.62. The highest BCUT2D eigenvalue weighted by atomic mass is 16.3. The summed E-state index contributed by atoms with van der Waals surface area (Å²) in [5.41, 5.74) is 1.50. The average Bonchev–Trinajstić information content (AvgIpc) is 3.05. The van der Waals surface area contributed by atoms with E-state index in [0.717, 1.165) is 16.7 Å². The van der Waals surface area contributed by atoms with E-state index < -0.39 is 0 Å². The molecule has 0 bridgehead atoms. The standard InChI is InChI=1S/C11H8N6O/c1-16-10-7(5-13-16)11-14-9(8-3-2-4-18-8)15-17(11)6-12-10/h2-6H,1H3. The van der Waals surface area contributed by atoms with Crippen molar-refractivity contribution in [3.63, 3.8) is 0 Å². The van der Waals surface area contributed by atoms with Crippen molar-refractivity contribution in [1.29, 1.82) is 0 Å². The van der Waals surface area contributed by atoms with Crippen molar-refractivity contribution in [3.05, 3.63) is 30.9 Å². The van der Waals surface area contributed by atoms with Gasteiger partial charge >= 0.3 is 0 Å². The van der Waals surface area contributed by atoms with Crippen LogP contribution < -0.4 is 0 Å². The quantitative estimate of drug-likeness (QED) is 0.501.